The van der Waals surface area contributed by atoms with Crippen molar-refractivity contribution in [2.24, 2.45) is 11.3 Å². The molecule has 88 valence electrons. The monoisotopic (exact) mass is 245 g/mol. The summed E-state index contributed by atoms with van der Waals surface area (Å²) in [6, 6.07) is 2.06. The number of hydrogen-bond donors (Lipinski definition) is 1. The Morgan fingerprint density at radius 2 is 2.29 bits per heavy atom. The predicted molar refractivity (Wildman–Crippen MR) is 69.3 cm³/mol. The van der Waals surface area contributed by atoms with Crippen molar-refractivity contribution in [1.82, 2.24) is 14.5 Å². The highest BCUT2D eigenvalue weighted by Crippen LogP contribution is 2.62. The van der Waals surface area contributed by atoms with Crippen molar-refractivity contribution in [3.05, 3.63) is 23.2 Å². The molecule has 2 aromatic rings. The van der Waals surface area contributed by atoms with Gasteiger partial charge in [0, 0.05) is 12.7 Å². The van der Waals surface area contributed by atoms with Crippen molar-refractivity contribution in [3.8, 4) is 0 Å². The van der Waals surface area contributed by atoms with Crippen LogP contribution in [0.2, 0.25) is 0 Å². The van der Waals surface area contributed by atoms with Crippen molar-refractivity contribution in [1.29, 1.82) is 0 Å². The van der Waals surface area contributed by atoms with E-state index >= 15 is 0 Å². The number of fused-ring (bicyclic) bond motifs is 1. The van der Waals surface area contributed by atoms with Crippen LogP contribution in [0.5, 0.6) is 0 Å². The summed E-state index contributed by atoms with van der Waals surface area (Å²) < 4.78 is 3.12. The molecular formula is C13H15N3S. The molecule has 0 spiro atoms. The van der Waals surface area contributed by atoms with Gasteiger partial charge in [-0.2, -0.15) is 0 Å². The van der Waals surface area contributed by atoms with E-state index in [0.29, 0.717) is 5.41 Å². The summed E-state index contributed by atoms with van der Waals surface area (Å²) in [5.41, 5.74) is 2.84. The molecule has 0 radical (unpaired) electrons. The van der Waals surface area contributed by atoms with Crippen LogP contribution < -0.4 is 0 Å². The average molecular weight is 245 g/mol. The lowest BCUT2D eigenvalue weighted by molar-refractivity contribution is 0.373. The molecule has 4 rings (SSSR count). The number of nitrogens with one attached hydrogen (secondary N) is 1. The molecule has 3 nitrogen and oxygen atoms in total. The summed E-state index contributed by atoms with van der Waals surface area (Å²) in [5.74, 6) is 0.969. The first kappa shape index (κ1) is 9.83. The summed E-state index contributed by atoms with van der Waals surface area (Å²) in [4.78, 5) is 7.39. The molecule has 0 bridgehead atoms. The van der Waals surface area contributed by atoms with E-state index in [1.54, 1.807) is 0 Å². The van der Waals surface area contributed by atoms with Gasteiger partial charge in [-0.05, 0) is 55.3 Å². The molecule has 2 aliphatic carbocycles. The van der Waals surface area contributed by atoms with Gasteiger partial charge in [0.25, 0.3) is 0 Å². The van der Waals surface area contributed by atoms with Gasteiger partial charge in [-0.3, -0.25) is 4.98 Å². The molecule has 0 amide bonds. The average Bonchev–Trinajstić information content (AvgIpc) is 3.20. The van der Waals surface area contributed by atoms with Gasteiger partial charge in [0.2, 0.25) is 0 Å². The van der Waals surface area contributed by atoms with Gasteiger partial charge in [0.1, 0.15) is 0 Å². The highest BCUT2D eigenvalue weighted by molar-refractivity contribution is 7.71. The SMILES string of the molecule is S=c1[nH]c2cnccc2n1CC1(C2CC2)CC1. The Labute approximate surface area is 105 Å². The highest BCUT2D eigenvalue weighted by atomic mass is 32.1. The van der Waals surface area contributed by atoms with E-state index in [1.165, 1.54) is 31.2 Å². The Hall–Kier alpha value is -1.16. The van der Waals surface area contributed by atoms with Crippen LogP contribution in [-0.4, -0.2) is 14.5 Å². The van der Waals surface area contributed by atoms with E-state index in [4.69, 9.17) is 12.2 Å². The summed E-state index contributed by atoms with van der Waals surface area (Å²) >= 11 is 5.44. The largest absolute Gasteiger partial charge is 0.329 e. The van der Waals surface area contributed by atoms with E-state index in [1.807, 2.05) is 12.4 Å². The second kappa shape index (κ2) is 3.19. The van der Waals surface area contributed by atoms with E-state index in [9.17, 15) is 0 Å². The maximum absolute atomic E-state index is 5.44. The summed E-state index contributed by atoms with van der Waals surface area (Å²) in [6.07, 6.45) is 9.33. The van der Waals surface area contributed by atoms with Gasteiger partial charge in [-0.1, -0.05) is 0 Å². The molecule has 2 aromatic heterocycles. The lowest BCUT2D eigenvalue weighted by Crippen LogP contribution is -2.13. The zero-order valence-corrected chi connectivity index (χ0v) is 10.5. The topological polar surface area (TPSA) is 33.6 Å². The van der Waals surface area contributed by atoms with Gasteiger partial charge in [0.05, 0.1) is 17.2 Å². The summed E-state index contributed by atoms with van der Waals surface area (Å²) in [6.45, 7) is 1.10. The van der Waals surface area contributed by atoms with Crippen LogP contribution in [0.4, 0.5) is 0 Å². The third-order valence-corrected chi connectivity index (χ3v) is 4.71. The van der Waals surface area contributed by atoms with Crippen molar-refractivity contribution in [2.75, 3.05) is 0 Å². The third kappa shape index (κ3) is 1.47. The lowest BCUT2D eigenvalue weighted by Gasteiger charge is -2.15. The first-order valence-electron chi connectivity index (χ1n) is 6.31. The third-order valence-electron chi connectivity index (χ3n) is 4.38. The minimum absolute atomic E-state index is 0.580. The molecule has 2 saturated carbocycles. The molecule has 4 heteroatoms. The van der Waals surface area contributed by atoms with Crippen LogP contribution in [0, 0.1) is 16.1 Å². The highest BCUT2D eigenvalue weighted by Gasteiger charge is 2.53. The molecule has 1 N–H and O–H groups in total. The molecule has 2 aliphatic rings. The zero-order chi connectivity index (χ0) is 11.5. The Bertz CT molecular complexity index is 631. The van der Waals surface area contributed by atoms with Crippen molar-refractivity contribution < 1.29 is 0 Å². The van der Waals surface area contributed by atoms with Crippen LogP contribution in [0.3, 0.4) is 0 Å². The quantitative estimate of drug-likeness (QED) is 0.842. The molecule has 17 heavy (non-hydrogen) atoms. The predicted octanol–water partition coefficient (Wildman–Crippen LogP) is 3.28. The van der Waals surface area contributed by atoms with Gasteiger partial charge < -0.3 is 9.55 Å². The van der Waals surface area contributed by atoms with E-state index in [2.05, 4.69) is 20.6 Å². The van der Waals surface area contributed by atoms with E-state index < -0.39 is 0 Å². The molecule has 0 aromatic carbocycles. The van der Waals surface area contributed by atoms with Crippen molar-refractivity contribution in [3.63, 3.8) is 0 Å². The Balaban J connectivity index is 1.80. The van der Waals surface area contributed by atoms with Crippen molar-refractivity contribution >= 4 is 23.3 Å². The molecule has 2 fully saturated rings. The van der Waals surface area contributed by atoms with Gasteiger partial charge in [0.15, 0.2) is 4.77 Å². The fraction of sp³-hybridized carbons (Fsp3) is 0.538. The Morgan fingerprint density at radius 1 is 1.47 bits per heavy atom. The zero-order valence-electron chi connectivity index (χ0n) is 9.65. The summed E-state index contributed by atoms with van der Waals surface area (Å²) in [7, 11) is 0. The number of aromatic nitrogens is 3. The molecule has 2 heterocycles. The Kier molecular flexibility index (Phi) is 1.85. The fourth-order valence-electron chi connectivity index (χ4n) is 3.03. The van der Waals surface area contributed by atoms with Crippen LogP contribution in [-0.2, 0) is 6.54 Å². The number of hydrogen-bond acceptors (Lipinski definition) is 2. The molecule has 0 saturated heterocycles. The van der Waals surface area contributed by atoms with Gasteiger partial charge in [-0.15, -0.1) is 0 Å². The normalized spacial score (nSPS) is 21.9. The second-order valence-electron chi connectivity index (χ2n) is 5.55. The number of rotatable bonds is 3. The van der Waals surface area contributed by atoms with Crippen LogP contribution in [0.15, 0.2) is 18.5 Å². The smallest absolute Gasteiger partial charge is 0.178 e. The van der Waals surface area contributed by atoms with E-state index in [-0.39, 0.29) is 0 Å². The van der Waals surface area contributed by atoms with Crippen LogP contribution >= 0.6 is 12.2 Å². The maximum Gasteiger partial charge on any atom is 0.178 e. The number of aromatic amines is 1. The first-order chi connectivity index (χ1) is 8.28. The number of H-pyrrole nitrogens is 1. The van der Waals surface area contributed by atoms with Crippen molar-refractivity contribution in [2.45, 2.75) is 32.2 Å². The van der Waals surface area contributed by atoms with Crippen LogP contribution in [0.1, 0.15) is 25.7 Å². The fourth-order valence-corrected chi connectivity index (χ4v) is 3.31. The van der Waals surface area contributed by atoms with Crippen LogP contribution in [0.25, 0.3) is 11.0 Å². The minimum Gasteiger partial charge on any atom is -0.329 e. The standard InChI is InChI=1S/C13H15N3S/c17-12-15-10-7-14-6-3-11(10)16(12)8-13(4-5-13)9-1-2-9/h3,6-7,9H,1-2,4-5,8H2,(H,15,17). The number of nitrogens with zero attached hydrogens (tertiary/aromatic N) is 2. The van der Waals surface area contributed by atoms with Gasteiger partial charge in [-0.25, -0.2) is 0 Å². The number of imidazole rings is 1. The van der Waals surface area contributed by atoms with E-state index in [0.717, 1.165) is 22.8 Å². The Morgan fingerprint density at radius 3 is 3.00 bits per heavy atom. The van der Waals surface area contributed by atoms with Gasteiger partial charge >= 0.3 is 0 Å². The molecule has 0 atom stereocenters. The maximum atomic E-state index is 5.44. The summed E-state index contributed by atoms with van der Waals surface area (Å²) in [5, 5.41) is 0. The molecule has 0 unspecified atom stereocenters. The molecular weight excluding hydrogens is 230 g/mol. The minimum atomic E-state index is 0.580. The second-order valence-corrected chi connectivity index (χ2v) is 5.93. The molecule has 0 aliphatic heterocycles. The number of pyridine rings is 1. The lowest BCUT2D eigenvalue weighted by atomic mass is 10.0. The first-order valence-corrected chi connectivity index (χ1v) is 6.72.